The molecule has 1 amide bonds. The maximum Gasteiger partial charge on any atom is 0.241 e. The topological polar surface area (TPSA) is 41.1 Å². The molecule has 1 saturated heterocycles. The fourth-order valence-electron chi connectivity index (χ4n) is 1.93. The molecular formula is C12H13F3N2O. The molecule has 6 heteroatoms. The minimum atomic E-state index is -1.54. The number of hydrogen-bond donors (Lipinski definition) is 2. The normalized spacial score (nSPS) is 19.6. The van der Waals surface area contributed by atoms with Crippen molar-refractivity contribution in [3.8, 4) is 0 Å². The van der Waals surface area contributed by atoms with Gasteiger partial charge in [-0.3, -0.25) is 4.79 Å². The molecule has 1 fully saturated rings. The Kier molecular flexibility index (Phi) is 3.86. The number of anilines is 1. The summed E-state index contributed by atoms with van der Waals surface area (Å²) in [6.45, 7) is 0.740. The van der Waals surface area contributed by atoms with Crippen molar-refractivity contribution in [2.45, 2.75) is 25.3 Å². The second-order valence-corrected chi connectivity index (χ2v) is 4.25. The van der Waals surface area contributed by atoms with Crippen LogP contribution in [-0.2, 0) is 4.79 Å². The van der Waals surface area contributed by atoms with Gasteiger partial charge in [0.05, 0.1) is 6.04 Å². The number of nitrogens with one attached hydrogen (secondary N) is 2. The lowest BCUT2D eigenvalue weighted by Crippen LogP contribution is -2.43. The summed E-state index contributed by atoms with van der Waals surface area (Å²) in [6, 6.07) is 1.16. The van der Waals surface area contributed by atoms with E-state index in [1.54, 1.807) is 0 Å². The van der Waals surface area contributed by atoms with Crippen LogP contribution < -0.4 is 10.6 Å². The molecule has 98 valence electrons. The fourth-order valence-corrected chi connectivity index (χ4v) is 1.93. The molecule has 0 aromatic heterocycles. The van der Waals surface area contributed by atoms with Crippen molar-refractivity contribution < 1.29 is 18.0 Å². The fraction of sp³-hybridized carbons (Fsp3) is 0.417. The summed E-state index contributed by atoms with van der Waals surface area (Å²) in [5, 5.41) is 5.38. The van der Waals surface area contributed by atoms with Gasteiger partial charge < -0.3 is 10.6 Å². The van der Waals surface area contributed by atoms with Gasteiger partial charge in [-0.15, -0.1) is 0 Å². The number of halogens is 3. The Morgan fingerprint density at radius 3 is 2.44 bits per heavy atom. The lowest BCUT2D eigenvalue weighted by atomic mass is 10.0. The van der Waals surface area contributed by atoms with Gasteiger partial charge in [-0.1, -0.05) is 6.42 Å². The van der Waals surface area contributed by atoms with Crippen LogP contribution in [0.25, 0.3) is 0 Å². The third kappa shape index (κ3) is 2.81. The molecule has 0 bridgehead atoms. The number of carbonyl (C=O) groups is 1. The Balaban J connectivity index is 2.06. The quantitative estimate of drug-likeness (QED) is 0.798. The Morgan fingerprint density at radius 1 is 1.22 bits per heavy atom. The summed E-state index contributed by atoms with van der Waals surface area (Å²) in [4.78, 5) is 11.8. The van der Waals surface area contributed by atoms with Crippen molar-refractivity contribution in [3.63, 3.8) is 0 Å². The number of piperidine rings is 1. The van der Waals surface area contributed by atoms with E-state index in [1.165, 1.54) is 0 Å². The van der Waals surface area contributed by atoms with Gasteiger partial charge in [-0.25, -0.2) is 13.2 Å². The minimum Gasteiger partial charge on any atom is -0.325 e. The van der Waals surface area contributed by atoms with Crippen LogP contribution in [0.3, 0.4) is 0 Å². The molecule has 3 nitrogen and oxygen atoms in total. The first kappa shape index (κ1) is 12.9. The molecule has 0 radical (unpaired) electrons. The molecular weight excluding hydrogens is 245 g/mol. The van der Waals surface area contributed by atoms with Gasteiger partial charge in [0, 0.05) is 17.8 Å². The minimum absolute atomic E-state index is 0.0798. The number of amides is 1. The van der Waals surface area contributed by atoms with Crippen molar-refractivity contribution >= 4 is 11.6 Å². The molecule has 0 saturated carbocycles. The average molecular weight is 258 g/mol. The van der Waals surface area contributed by atoms with E-state index in [-0.39, 0.29) is 17.6 Å². The highest BCUT2D eigenvalue weighted by molar-refractivity contribution is 5.94. The SMILES string of the molecule is O=C(Nc1cc(F)c(F)c(F)c1)C1CCCCN1. The van der Waals surface area contributed by atoms with Crippen LogP contribution >= 0.6 is 0 Å². The van der Waals surface area contributed by atoms with Crippen LogP contribution in [0.4, 0.5) is 18.9 Å². The Labute approximate surface area is 102 Å². The molecule has 1 heterocycles. The van der Waals surface area contributed by atoms with Crippen LogP contribution in [-0.4, -0.2) is 18.5 Å². The van der Waals surface area contributed by atoms with Gasteiger partial charge in [0.15, 0.2) is 17.5 Å². The van der Waals surface area contributed by atoms with Crippen molar-refractivity contribution in [2.24, 2.45) is 0 Å². The van der Waals surface area contributed by atoms with Gasteiger partial charge in [0.2, 0.25) is 5.91 Å². The first-order valence-electron chi connectivity index (χ1n) is 5.76. The van der Waals surface area contributed by atoms with E-state index < -0.39 is 17.5 Å². The second-order valence-electron chi connectivity index (χ2n) is 4.25. The molecule has 0 spiro atoms. The lowest BCUT2D eigenvalue weighted by Gasteiger charge is -2.22. The largest absolute Gasteiger partial charge is 0.325 e. The first-order valence-corrected chi connectivity index (χ1v) is 5.76. The van der Waals surface area contributed by atoms with Crippen LogP contribution in [0.2, 0.25) is 0 Å². The van der Waals surface area contributed by atoms with Crippen LogP contribution in [0.1, 0.15) is 19.3 Å². The van der Waals surface area contributed by atoms with Crippen LogP contribution in [0.15, 0.2) is 12.1 Å². The predicted octanol–water partition coefficient (Wildman–Crippen LogP) is 2.18. The number of carbonyl (C=O) groups excluding carboxylic acids is 1. The van der Waals surface area contributed by atoms with E-state index in [0.29, 0.717) is 6.42 Å². The summed E-state index contributed by atoms with van der Waals surface area (Å²) in [6.07, 6.45) is 2.61. The van der Waals surface area contributed by atoms with Crippen molar-refractivity contribution in [1.29, 1.82) is 0 Å². The summed E-state index contributed by atoms with van der Waals surface area (Å²) in [5.41, 5.74) is -0.0798. The molecule has 1 aliphatic heterocycles. The predicted molar refractivity (Wildman–Crippen MR) is 60.6 cm³/mol. The van der Waals surface area contributed by atoms with E-state index in [4.69, 9.17) is 0 Å². The Bertz CT molecular complexity index is 436. The highest BCUT2D eigenvalue weighted by Gasteiger charge is 2.21. The summed E-state index contributed by atoms with van der Waals surface area (Å²) in [5.74, 6) is -4.53. The highest BCUT2D eigenvalue weighted by atomic mass is 19.2. The molecule has 1 aliphatic rings. The summed E-state index contributed by atoms with van der Waals surface area (Å²) in [7, 11) is 0. The number of benzene rings is 1. The van der Waals surface area contributed by atoms with E-state index in [2.05, 4.69) is 10.6 Å². The first-order chi connectivity index (χ1) is 8.58. The molecule has 1 unspecified atom stereocenters. The van der Waals surface area contributed by atoms with Crippen molar-refractivity contribution in [2.75, 3.05) is 11.9 Å². The average Bonchev–Trinajstić information content (AvgIpc) is 2.37. The van der Waals surface area contributed by atoms with Crippen LogP contribution in [0, 0.1) is 17.5 Å². The highest BCUT2D eigenvalue weighted by Crippen LogP contribution is 2.18. The maximum atomic E-state index is 13.0. The van der Waals surface area contributed by atoms with Crippen molar-refractivity contribution in [3.05, 3.63) is 29.6 Å². The zero-order chi connectivity index (χ0) is 13.1. The smallest absolute Gasteiger partial charge is 0.241 e. The van der Waals surface area contributed by atoms with Gasteiger partial charge in [0.25, 0.3) is 0 Å². The molecule has 2 N–H and O–H groups in total. The number of hydrogen-bond acceptors (Lipinski definition) is 2. The number of rotatable bonds is 2. The van der Waals surface area contributed by atoms with Gasteiger partial charge in [-0.05, 0) is 19.4 Å². The third-order valence-electron chi connectivity index (χ3n) is 2.88. The third-order valence-corrected chi connectivity index (χ3v) is 2.88. The summed E-state index contributed by atoms with van der Waals surface area (Å²) < 4.78 is 38.6. The van der Waals surface area contributed by atoms with E-state index in [9.17, 15) is 18.0 Å². The van der Waals surface area contributed by atoms with Crippen LogP contribution in [0.5, 0.6) is 0 Å². The standard InChI is InChI=1S/C12H13F3N2O/c13-8-5-7(6-9(14)11(8)15)17-12(18)10-3-1-2-4-16-10/h5-6,10,16H,1-4H2,(H,17,18). The molecule has 1 aromatic rings. The maximum absolute atomic E-state index is 13.0. The van der Waals surface area contributed by atoms with Gasteiger partial charge in [-0.2, -0.15) is 0 Å². The Morgan fingerprint density at radius 2 is 1.89 bits per heavy atom. The van der Waals surface area contributed by atoms with Crippen molar-refractivity contribution in [1.82, 2.24) is 5.32 Å². The van der Waals surface area contributed by atoms with Gasteiger partial charge >= 0.3 is 0 Å². The molecule has 1 atom stereocenters. The zero-order valence-corrected chi connectivity index (χ0v) is 9.60. The van der Waals surface area contributed by atoms with E-state index >= 15 is 0 Å². The lowest BCUT2D eigenvalue weighted by molar-refractivity contribution is -0.118. The zero-order valence-electron chi connectivity index (χ0n) is 9.60. The molecule has 2 rings (SSSR count). The molecule has 0 aliphatic carbocycles. The van der Waals surface area contributed by atoms with E-state index in [1.807, 2.05) is 0 Å². The molecule has 1 aromatic carbocycles. The van der Waals surface area contributed by atoms with E-state index in [0.717, 1.165) is 31.5 Å². The second kappa shape index (κ2) is 5.39. The summed E-state index contributed by atoms with van der Waals surface area (Å²) >= 11 is 0. The van der Waals surface area contributed by atoms with Gasteiger partial charge in [0.1, 0.15) is 0 Å². The molecule has 18 heavy (non-hydrogen) atoms. The monoisotopic (exact) mass is 258 g/mol. The Hall–Kier alpha value is -1.56.